The third-order valence-electron chi connectivity index (χ3n) is 0.957. The zero-order chi connectivity index (χ0) is 4.24. The molecule has 1 fully saturated rings. The molecule has 0 amide bonds. The first-order chi connectivity index (χ1) is 3.00. The van der Waals surface area contributed by atoms with Crippen LogP contribution in [0.5, 0.6) is 0 Å². The standard InChI is InChI=1S/C4H10N2.K.Si/c1-2-6-4-3-5-1;;/h5-6H,1-4H2;;. The Balaban J connectivity index is 0. The molecule has 0 aliphatic carbocycles. The molecule has 5 radical (unpaired) electrons. The van der Waals surface area contributed by atoms with Gasteiger partial charge in [-0.15, -0.1) is 0 Å². The van der Waals surface area contributed by atoms with Crippen LogP contribution >= 0.6 is 0 Å². The molecular weight excluding hydrogens is 143 g/mol. The second kappa shape index (κ2) is 8.77. The van der Waals surface area contributed by atoms with Gasteiger partial charge in [0.15, 0.2) is 0 Å². The molecule has 2 N–H and O–H groups in total. The van der Waals surface area contributed by atoms with Gasteiger partial charge in [0.05, 0.1) is 0 Å². The first-order valence-corrected chi connectivity index (χ1v) is 2.41. The first kappa shape index (κ1) is 12.4. The zero-order valence-corrected chi connectivity index (χ0v) is 9.45. The number of hydrogen-bond acceptors (Lipinski definition) is 2. The normalized spacial score (nSPS) is 18.0. The number of hydrogen-bond donors (Lipinski definition) is 2. The molecule has 0 aromatic rings. The van der Waals surface area contributed by atoms with E-state index in [1.807, 2.05) is 0 Å². The number of rotatable bonds is 0. The topological polar surface area (TPSA) is 24.1 Å². The van der Waals surface area contributed by atoms with Gasteiger partial charge >= 0.3 is 0 Å². The third kappa shape index (κ3) is 5.90. The summed E-state index contributed by atoms with van der Waals surface area (Å²) in [6.07, 6.45) is 0. The van der Waals surface area contributed by atoms with Crippen molar-refractivity contribution in [1.29, 1.82) is 0 Å². The van der Waals surface area contributed by atoms with Gasteiger partial charge in [0.1, 0.15) is 0 Å². The first-order valence-electron chi connectivity index (χ1n) is 2.41. The summed E-state index contributed by atoms with van der Waals surface area (Å²) in [5.74, 6) is 0. The van der Waals surface area contributed by atoms with Gasteiger partial charge in [-0.1, -0.05) is 0 Å². The van der Waals surface area contributed by atoms with Gasteiger partial charge in [-0.05, 0) is 0 Å². The SMILES string of the molecule is C1CNCCN1.[K].[Si]. The molecule has 1 aliphatic heterocycles. The Morgan fingerprint density at radius 2 is 1.00 bits per heavy atom. The van der Waals surface area contributed by atoms with Crippen LogP contribution < -0.4 is 10.6 Å². The summed E-state index contributed by atoms with van der Waals surface area (Å²) in [5, 5.41) is 6.44. The van der Waals surface area contributed by atoms with Gasteiger partial charge in [-0.3, -0.25) is 0 Å². The molecule has 0 aromatic carbocycles. The van der Waals surface area contributed by atoms with Crippen LogP contribution in [0.3, 0.4) is 0 Å². The van der Waals surface area contributed by atoms with Crippen molar-refractivity contribution in [1.82, 2.24) is 10.6 Å². The van der Waals surface area contributed by atoms with Gasteiger partial charge in [-0.2, -0.15) is 0 Å². The van der Waals surface area contributed by atoms with Crippen LogP contribution in [0, 0.1) is 0 Å². The van der Waals surface area contributed by atoms with Gasteiger partial charge in [0, 0.05) is 88.5 Å². The third-order valence-corrected chi connectivity index (χ3v) is 0.957. The maximum absolute atomic E-state index is 3.22. The molecule has 0 spiro atoms. The Morgan fingerprint density at radius 1 is 0.750 bits per heavy atom. The average molecular weight is 153 g/mol. The molecule has 0 unspecified atom stereocenters. The maximum atomic E-state index is 3.22. The minimum Gasteiger partial charge on any atom is -0.314 e. The Labute approximate surface area is 97.6 Å². The van der Waals surface area contributed by atoms with Crippen molar-refractivity contribution in [3.05, 3.63) is 0 Å². The Hall–Kier alpha value is 1.77. The largest absolute Gasteiger partial charge is 0.314 e. The molecule has 2 nitrogen and oxygen atoms in total. The van der Waals surface area contributed by atoms with E-state index in [-0.39, 0.29) is 62.3 Å². The van der Waals surface area contributed by atoms with Crippen molar-refractivity contribution in [3.63, 3.8) is 0 Å². The fraction of sp³-hybridized carbons (Fsp3) is 1.00. The Kier molecular flexibility index (Phi) is 13.7. The number of nitrogens with one attached hydrogen (secondary N) is 2. The van der Waals surface area contributed by atoms with Crippen LogP contribution in [0.2, 0.25) is 0 Å². The number of piperazine rings is 1. The molecule has 0 atom stereocenters. The summed E-state index contributed by atoms with van der Waals surface area (Å²) >= 11 is 0. The molecule has 1 aliphatic rings. The predicted octanol–water partition coefficient (Wildman–Crippen LogP) is -1.58. The van der Waals surface area contributed by atoms with Crippen LogP contribution in [0.4, 0.5) is 0 Å². The van der Waals surface area contributed by atoms with E-state index in [0.717, 1.165) is 26.2 Å². The van der Waals surface area contributed by atoms with Crippen LogP contribution in [0.15, 0.2) is 0 Å². The molecule has 0 aromatic heterocycles. The quantitative estimate of drug-likeness (QED) is 0.410. The summed E-state index contributed by atoms with van der Waals surface area (Å²) in [4.78, 5) is 0. The molecule has 0 saturated carbocycles. The van der Waals surface area contributed by atoms with Crippen molar-refractivity contribution >= 4 is 62.3 Å². The van der Waals surface area contributed by atoms with Gasteiger partial charge in [0.25, 0.3) is 0 Å². The van der Waals surface area contributed by atoms with Crippen LogP contribution in [-0.4, -0.2) is 88.5 Å². The van der Waals surface area contributed by atoms with Crippen molar-refractivity contribution in [2.75, 3.05) is 26.2 Å². The van der Waals surface area contributed by atoms with Crippen molar-refractivity contribution < 1.29 is 0 Å². The average Bonchev–Trinajstić information content (AvgIpc) is 1.72. The van der Waals surface area contributed by atoms with Crippen molar-refractivity contribution in [2.45, 2.75) is 0 Å². The van der Waals surface area contributed by atoms with Gasteiger partial charge in [0.2, 0.25) is 0 Å². The summed E-state index contributed by atoms with van der Waals surface area (Å²) < 4.78 is 0. The Bertz CT molecular complexity index is 29.5. The van der Waals surface area contributed by atoms with Crippen molar-refractivity contribution in [3.8, 4) is 0 Å². The summed E-state index contributed by atoms with van der Waals surface area (Å²) in [7, 11) is 0. The smallest absolute Gasteiger partial charge is 0.00772 e. The van der Waals surface area contributed by atoms with Crippen LogP contribution in [-0.2, 0) is 0 Å². The minimum absolute atomic E-state index is 0. The molecule has 1 heterocycles. The van der Waals surface area contributed by atoms with Crippen molar-refractivity contribution in [2.24, 2.45) is 0 Å². The van der Waals surface area contributed by atoms with E-state index in [1.54, 1.807) is 0 Å². The van der Waals surface area contributed by atoms with E-state index in [2.05, 4.69) is 10.6 Å². The molecular formula is C4H10KN2Si. The van der Waals surface area contributed by atoms with E-state index in [4.69, 9.17) is 0 Å². The molecule has 8 heavy (non-hydrogen) atoms. The maximum Gasteiger partial charge on any atom is 0.00772 e. The van der Waals surface area contributed by atoms with Crippen LogP contribution in [0.1, 0.15) is 0 Å². The second-order valence-corrected chi connectivity index (χ2v) is 1.50. The van der Waals surface area contributed by atoms with Crippen LogP contribution in [0.25, 0.3) is 0 Å². The van der Waals surface area contributed by atoms with E-state index in [9.17, 15) is 0 Å². The zero-order valence-electron chi connectivity index (χ0n) is 5.33. The summed E-state index contributed by atoms with van der Waals surface area (Å²) in [5.41, 5.74) is 0. The fourth-order valence-electron chi connectivity index (χ4n) is 0.604. The molecule has 1 saturated heterocycles. The fourth-order valence-corrected chi connectivity index (χ4v) is 0.604. The predicted molar refractivity (Wildman–Crippen MR) is 37.2 cm³/mol. The summed E-state index contributed by atoms with van der Waals surface area (Å²) in [6.45, 7) is 4.56. The van der Waals surface area contributed by atoms with E-state index < -0.39 is 0 Å². The molecule has 0 bridgehead atoms. The molecule has 1 rings (SSSR count). The van der Waals surface area contributed by atoms with E-state index in [1.165, 1.54) is 0 Å². The van der Waals surface area contributed by atoms with Gasteiger partial charge < -0.3 is 10.6 Å². The monoisotopic (exact) mass is 153 g/mol. The minimum atomic E-state index is 0. The molecule has 41 valence electrons. The molecule has 4 heteroatoms. The summed E-state index contributed by atoms with van der Waals surface area (Å²) in [6, 6.07) is 0. The second-order valence-electron chi connectivity index (χ2n) is 1.50. The van der Waals surface area contributed by atoms with Gasteiger partial charge in [-0.25, -0.2) is 0 Å². The Morgan fingerprint density at radius 3 is 1.12 bits per heavy atom. The van der Waals surface area contributed by atoms with E-state index in [0.29, 0.717) is 0 Å². The van der Waals surface area contributed by atoms with E-state index >= 15 is 0 Å².